The molecule has 0 aromatic carbocycles. The number of hydrogen-bond acceptors (Lipinski definition) is 3. The standard InChI is InChI=1S/C9H6N2O4/c12-8(13)5-3-10-7-2-1-6(9(14)15)11(7)4-5/h1-4H,(H,12,13)(H,14,15). The second kappa shape index (κ2) is 3.09. The summed E-state index contributed by atoms with van der Waals surface area (Å²) < 4.78 is 1.23. The summed E-state index contributed by atoms with van der Waals surface area (Å²) in [5.74, 6) is -2.27. The zero-order valence-corrected chi connectivity index (χ0v) is 7.41. The predicted molar refractivity (Wildman–Crippen MR) is 49.1 cm³/mol. The van der Waals surface area contributed by atoms with Crippen LogP contribution in [0.25, 0.3) is 5.65 Å². The number of nitrogens with zero attached hydrogens (tertiary/aromatic N) is 2. The van der Waals surface area contributed by atoms with E-state index in [4.69, 9.17) is 10.2 Å². The molecule has 0 saturated heterocycles. The molecular weight excluding hydrogens is 200 g/mol. The van der Waals surface area contributed by atoms with Crippen LogP contribution in [-0.2, 0) is 0 Å². The van der Waals surface area contributed by atoms with Crippen LogP contribution in [0.5, 0.6) is 0 Å². The monoisotopic (exact) mass is 206 g/mol. The summed E-state index contributed by atoms with van der Waals surface area (Å²) >= 11 is 0. The first kappa shape index (κ1) is 9.20. The van der Waals surface area contributed by atoms with E-state index in [2.05, 4.69) is 4.98 Å². The molecular formula is C9H6N2O4. The lowest BCUT2D eigenvalue weighted by atomic mass is 10.3. The summed E-state index contributed by atoms with van der Waals surface area (Å²) in [7, 11) is 0. The Balaban J connectivity index is 2.72. The van der Waals surface area contributed by atoms with E-state index in [1.165, 1.54) is 28.9 Å². The van der Waals surface area contributed by atoms with Crippen LogP contribution < -0.4 is 0 Å². The SMILES string of the molecule is O=C(O)c1cnc2ccc(C(=O)O)n2c1. The number of carboxylic acid groups (broad SMARTS) is 2. The normalized spacial score (nSPS) is 10.4. The Labute approximate surface area is 83.4 Å². The molecule has 0 amide bonds. The van der Waals surface area contributed by atoms with Gasteiger partial charge in [-0.1, -0.05) is 0 Å². The van der Waals surface area contributed by atoms with Crippen molar-refractivity contribution in [1.29, 1.82) is 0 Å². The van der Waals surface area contributed by atoms with E-state index < -0.39 is 11.9 Å². The van der Waals surface area contributed by atoms with E-state index in [1.807, 2.05) is 0 Å². The number of aromatic nitrogens is 2. The Bertz CT molecular complexity index is 558. The van der Waals surface area contributed by atoms with Crippen molar-refractivity contribution in [3.8, 4) is 0 Å². The van der Waals surface area contributed by atoms with Crippen LogP contribution in [0.15, 0.2) is 24.5 Å². The number of carbonyl (C=O) groups is 2. The summed E-state index contributed by atoms with van der Waals surface area (Å²) in [6, 6.07) is 2.88. The van der Waals surface area contributed by atoms with Crippen LogP contribution in [0, 0.1) is 0 Å². The fraction of sp³-hybridized carbons (Fsp3) is 0. The fourth-order valence-electron chi connectivity index (χ4n) is 1.27. The highest BCUT2D eigenvalue weighted by atomic mass is 16.4. The molecule has 0 aliphatic heterocycles. The van der Waals surface area contributed by atoms with Gasteiger partial charge in [0.2, 0.25) is 0 Å². The van der Waals surface area contributed by atoms with Crippen molar-refractivity contribution < 1.29 is 19.8 Å². The predicted octanol–water partition coefficient (Wildman–Crippen LogP) is 0.731. The molecule has 2 aromatic heterocycles. The second-order valence-electron chi connectivity index (χ2n) is 2.90. The molecule has 0 saturated carbocycles. The highest BCUT2D eigenvalue weighted by Crippen LogP contribution is 2.09. The van der Waals surface area contributed by atoms with Crippen LogP contribution >= 0.6 is 0 Å². The van der Waals surface area contributed by atoms with Gasteiger partial charge in [0, 0.05) is 12.4 Å². The average molecular weight is 206 g/mol. The molecule has 2 aromatic rings. The van der Waals surface area contributed by atoms with Gasteiger partial charge in [0.25, 0.3) is 0 Å². The van der Waals surface area contributed by atoms with Gasteiger partial charge in [0.05, 0.1) is 5.56 Å². The number of hydrogen-bond donors (Lipinski definition) is 2. The van der Waals surface area contributed by atoms with E-state index in [1.54, 1.807) is 0 Å². The van der Waals surface area contributed by atoms with Crippen LogP contribution in [0.3, 0.4) is 0 Å². The maximum atomic E-state index is 10.8. The molecule has 0 atom stereocenters. The van der Waals surface area contributed by atoms with Gasteiger partial charge in [-0.2, -0.15) is 0 Å². The first-order valence-electron chi connectivity index (χ1n) is 4.03. The minimum Gasteiger partial charge on any atom is -0.478 e. The number of rotatable bonds is 2. The van der Waals surface area contributed by atoms with Crippen molar-refractivity contribution in [2.45, 2.75) is 0 Å². The van der Waals surface area contributed by atoms with Gasteiger partial charge in [-0.05, 0) is 12.1 Å². The molecule has 15 heavy (non-hydrogen) atoms. The second-order valence-corrected chi connectivity index (χ2v) is 2.90. The lowest BCUT2D eigenvalue weighted by Gasteiger charge is -1.99. The Kier molecular flexibility index (Phi) is 1.89. The van der Waals surface area contributed by atoms with Crippen molar-refractivity contribution in [1.82, 2.24) is 9.38 Å². The quantitative estimate of drug-likeness (QED) is 0.755. The highest BCUT2D eigenvalue weighted by Gasteiger charge is 2.11. The Hall–Kier alpha value is -2.37. The Morgan fingerprint density at radius 3 is 2.53 bits per heavy atom. The topological polar surface area (TPSA) is 91.9 Å². The van der Waals surface area contributed by atoms with Crippen molar-refractivity contribution in [2.75, 3.05) is 0 Å². The van der Waals surface area contributed by atoms with Crippen LogP contribution in [0.2, 0.25) is 0 Å². The van der Waals surface area contributed by atoms with Crippen molar-refractivity contribution in [3.63, 3.8) is 0 Å². The van der Waals surface area contributed by atoms with Gasteiger partial charge in [-0.3, -0.25) is 4.40 Å². The molecule has 6 nitrogen and oxygen atoms in total. The van der Waals surface area contributed by atoms with Crippen molar-refractivity contribution in [3.05, 3.63) is 35.8 Å². The molecule has 76 valence electrons. The number of carboxylic acids is 2. The lowest BCUT2D eigenvalue weighted by molar-refractivity contribution is 0.0676. The summed E-state index contributed by atoms with van der Waals surface area (Å²) in [6.45, 7) is 0. The van der Waals surface area contributed by atoms with Crippen LogP contribution in [0.4, 0.5) is 0 Å². The zero-order chi connectivity index (χ0) is 11.0. The largest absolute Gasteiger partial charge is 0.478 e. The highest BCUT2D eigenvalue weighted by molar-refractivity contribution is 5.89. The number of aromatic carboxylic acids is 2. The third-order valence-corrected chi connectivity index (χ3v) is 1.97. The van der Waals surface area contributed by atoms with Crippen LogP contribution in [-0.4, -0.2) is 31.5 Å². The van der Waals surface area contributed by atoms with Gasteiger partial charge in [-0.15, -0.1) is 0 Å². The number of fused-ring (bicyclic) bond motifs is 1. The zero-order valence-electron chi connectivity index (χ0n) is 7.41. The molecule has 2 rings (SSSR count). The average Bonchev–Trinajstić information content (AvgIpc) is 2.59. The molecule has 0 unspecified atom stereocenters. The smallest absolute Gasteiger partial charge is 0.352 e. The lowest BCUT2D eigenvalue weighted by Crippen LogP contribution is -2.05. The maximum absolute atomic E-state index is 10.8. The Morgan fingerprint density at radius 1 is 1.20 bits per heavy atom. The summed E-state index contributed by atoms with van der Waals surface area (Å²) in [5.41, 5.74) is 0.333. The fourth-order valence-corrected chi connectivity index (χ4v) is 1.27. The molecule has 2 N–H and O–H groups in total. The van der Waals surface area contributed by atoms with Gasteiger partial charge in [0.1, 0.15) is 11.3 Å². The van der Waals surface area contributed by atoms with Gasteiger partial charge >= 0.3 is 11.9 Å². The van der Waals surface area contributed by atoms with E-state index in [9.17, 15) is 9.59 Å². The minimum atomic E-state index is -1.14. The van der Waals surface area contributed by atoms with Gasteiger partial charge in [-0.25, -0.2) is 14.6 Å². The summed E-state index contributed by atoms with van der Waals surface area (Å²) in [6.07, 6.45) is 2.41. The summed E-state index contributed by atoms with van der Waals surface area (Å²) in [4.78, 5) is 25.2. The molecule has 6 heteroatoms. The van der Waals surface area contributed by atoms with Gasteiger partial charge in [0.15, 0.2) is 0 Å². The molecule has 0 bridgehead atoms. The molecule has 0 fully saturated rings. The molecule has 0 aliphatic carbocycles. The van der Waals surface area contributed by atoms with E-state index in [-0.39, 0.29) is 11.3 Å². The Morgan fingerprint density at radius 2 is 1.93 bits per heavy atom. The van der Waals surface area contributed by atoms with Crippen molar-refractivity contribution in [2.24, 2.45) is 0 Å². The summed E-state index contributed by atoms with van der Waals surface area (Å²) in [5, 5.41) is 17.5. The molecule has 0 aliphatic rings. The first-order valence-corrected chi connectivity index (χ1v) is 4.03. The third-order valence-electron chi connectivity index (χ3n) is 1.97. The van der Waals surface area contributed by atoms with E-state index in [0.29, 0.717) is 5.65 Å². The molecule has 2 heterocycles. The van der Waals surface area contributed by atoms with Crippen molar-refractivity contribution >= 4 is 17.6 Å². The maximum Gasteiger partial charge on any atom is 0.352 e. The van der Waals surface area contributed by atoms with E-state index in [0.717, 1.165) is 0 Å². The van der Waals surface area contributed by atoms with E-state index >= 15 is 0 Å². The molecule has 0 radical (unpaired) electrons. The van der Waals surface area contributed by atoms with Crippen LogP contribution in [0.1, 0.15) is 20.8 Å². The third kappa shape index (κ3) is 1.41. The van der Waals surface area contributed by atoms with Gasteiger partial charge < -0.3 is 10.2 Å². The first-order chi connectivity index (χ1) is 7.09. The molecule has 0 spiro atoms. The minimum absolute atomic E-state index is 0.0133.